The number of carbonyl (C=O) groups is 3. The van der Waals surface area contributed by atoms with E-state index in [1.165, 1.54) is 31.2 Å². The van der Waals surface area contributed by atoms with Crippen LogP contribution in [-0.2, 0) is 16.4 Å². The SMILES string of the molecule is CCCN(CC(O)C(Cc1cc(F)cc(F)c1)NC(=O)c1cc(C(=O)N(CCC)CCC)cc(S(=O)(=O)N(C)C)c1)NC(=O)c1ccccc1. The van der Waals surface area contributed by atoms with Gasteiger partial charge in [-0.05, 0) is 73.7 Å². The van der Waals surface area contributed by atoms with Crippen LogP contribution < -0.4 is 10.7 Å². The van der Waals surface area contributed by atoms with Crippen molar-refractivity contribution in [2.75, 3.05) is 40.3 Å². The van der Waals surface area contributed by atoms with Gasteiger partial charge in [-0.25, -0.2) is 26.5 Å². The Bertz CT molecular complexity index is 1700. The number of carbonyl (C=O) groups excluding carboxylic acids is 3. The van der Waals surface area contributed by atoms with Crippen LogP contribution in [-0.4, -0.2) is 97.9 Å². The van der Waals surface area contributed by atoms with Crippen molar-refractivity contribution in [2.24, 2.45) is 0 Å². The third-order valence-corrected chi connectivity index (χ3v) is 9.62. The Balaban J connectivity index is 2.02. The minimum atomic E-state index is -4.10. The van der Waals surface area contributed by atoms with Crippen LogP contribution in [0.25, 0.3) is 0 Å². The molecule has 0 aromatic heterocycles. The lowest BCUT2D eigenvalue weighted by Gasteiger charge is -2.30. The van der Waals surface area contributed by atoms with E-state index in [1.807, 2.05) is 20.8 Å². The fraction of sp³-hybridized carbons (Fsp3) is 0.417. The molecule has 0 radical (unpaired) electrons. The third kappa shape index (κ3) is 11.1. The van der Waals surface area contributed by atoms with Crippen LogP contribution >= 0.6 is 0 Å². The summed E-state index contributed by atoms with van der Waals surface area (Å²) in [4.78, 5) is 41.7. The highest BCUT2D eigenvalue weighted by Gasteiger charge is 2.28. The zero-order chi connectivity index (χ0) is 37.0. The van der Waals surface area contributed by atoms with Crippen molar-refractivity contribution < 1.29 is 36.7 Å². The van der Waals surface area contributed by atoms with Gasteiger partial charge in [0.25, 0.3) is 17.7 Å². The predicted molar refractivity (Wildman–Crippen MR) is 187 cm³/mol. The van der Waals surface area contributed by atoms with E-state index in [1.54, 1.807) is 35.2 Å². The van der Waals surface area contributed by atoms with Crippen molar-refractivity contribution in [2.45, 2.75) is 63.5 Å². The van der Waals surface area contributed by atoms with E-state index < -0.39 is 51.5 Å². The lowest BCUT2D eigenvalue weighted by atomic mass is 9.99. The molecular formula is C36H47F2N5O6S. The number of aliphatic hydroxyl groups is 1. The van der Waals surface area contributed by atoms with Gasteiger partial charge in [-0.1, -0.05) is 39.0 Å². The molecule has 3 N–H and O–H groups in total. The van der Waals surface area contributed by atoms with E-state index in [9.17, 15) is 36.7 Å². The molecule has 50 heavy (non-hydrogen) atoms. The van der Waals surface area contributed by atoms with Crippen molar-refractivity contribution >= 4 is 27.7 Å². The molecule has 3 amide bonds. The molecule has 0 saturated heterocycles. The first kappa shape index (κ1) is 40.2. The summed E-state index contributed by atoms with van der Waals surface area (Å²) in [5.41, 5.74) is 3.10. The van der Waals surface area contributed by atoms with Gasteiger partial charge in [0.05, 0.1) is 17.0 Å². The molecule has 0 bridgehead atoms. The van der Waals surface area contributed by atoms with Crippen molar-refractivity contribution in [1.29, 1.82) is 0 Å². The van der Waals surface area contributed by atoms with E-state index in [-0.39, 0.29) is 34.6 Å². The number of hydrogen-bond donors (Lipinski definition) is 3. The molecule has 0 aliphatic heterocycles. The number of hydrazine groups is 1. The largest absolute Gasteiger partial charge is 0.390 e. The molecule has 272 valence electrons. The van der Waals surface area contributed by atoms with Crippen LogP contribution in [0, 0.1) is 11.6 Å². The second-order valence-corrected chi connectivity index (χ2v) is 14.4. The van der Waals surface area contributed by atoms with Gasteiger partial charge >= 0.3 is 0 Å². The average Bonchev–Trinajstić information content (AvgIpc) is 3.07. The summed E-state index contributed by atoms with van der Waals surface area (Å²) in [5.74, 6) is -3.40. The molecule has 0 aliphatic rings. The molecule has 0 heterocycles. The van der Waals surface area contributed by atoms with Gasteiger partial charge < -0.3 is 15.3 Å². The summed E-state index contributed by atoms with van der Waals surface area (Å²) in [6, 6.07) is 13.8. The number of rotatable bonds is 18. The smallest absolute Gasteiger partial charge is 0.265 e. The van der Waals surface area contributed by atoms with Crippen LogP contribution in [0.15, 0.2) is 71.6 Å². The second-order valence-electron chi connectivity index (χ2n) is 12.2. The minimum absolute atomic E-state index is 0.0120. The van der Waals surface area contributed by atoms with Gasteiger partial charge in [-0.2, -0.15) is 0 Å². The fourth-order valence-electron chi connectivity index (χ4n) is 5.38. The molecule has 11 nitrogen and oxygen atoms in total. The van der Waals surface area contributed by atoms with Gasteiger partial charge in [0.15, 0.2) is 0 Å². The van der Waals surface area contributed by atoms with Gasteiger partial charge in [-0.15, -0.1) is 0 Å². The summed E-state index contributed by atoms with van der Waals surface area (Å²) in [6.07, 6.45) is 0.292. The maximum Gasteiger partial charge on any atom is 0.265 e. The molecular weight excluding hydrogens is 668 g/mol. The molecule has 0 spiro atoms. The standard InChI is InChI=1S/C36H47F2N5O6S/c1-6-14-42(15-7-2)36(47)28-20-27(21-31(22-28)50(48,49)41(4)5)34(45)39-32(19-25-17-29(37)23-30(38)18-25)33(44)24-43(16-8-3)40-35(46)26-12-10-9-11-13-26/h9-13,17-18,20-23,32-33,44H,6-8,14-16,19,24H2,1-5H3,(H,39,45)(H,40,46). The zero-order valence-electron chi connectivity index (χ0n) is 29.2. The van der Waals surface area contributed by atoms with Gasteiger partial charge in [-0.3, -0.25) is 19.8 Å². The first-order valence-electron chi connectivity index (χ1n) is 16.6. The number of amides is 3. The number of aliphatic hydroxyl groups excluding tert-OH is 1. The molecule has 3 aromatic carbocycles. The Kier molecular flexibility index (Phi) is 15.0. The lowest BCUT2D eigenvalue weighted by Crippen LogP contribution is -2.53. The van der Waals surface area contributed by atoms with E-state index in [0.717, 1.165) is 22.5 Å². The Labute approximate surface area is 293 Å². The Hall–Kier alpha value is -4.24. The van der Waals surface area contributed by atoms with Crippen molar-refractivity contribution in [3.05, 3.63) is 101 Å². The topological polar surface area (TPSA) is 139 Å². The van der Waals surface area contributed by atoms with Crippen LogP contribution in [0.1, 0.15) is 76.7 Å². The van der Waals surface area contributed by atoms with Gasteiger partial charge in [0.2, 0.25) is 10.0 Å². The number of nitrogens with zero attached hydrogens (tertiary/aromatic N) is 3. The normalized spacial score (nSPS) is 12.8. The Morgan fingerprint density at radius 2 is 1.36 bits per heavy atom. The van der Waals surface area contributed by atoms with Crippen molar-refractivity contribution in [3.8, 4) is 0 Å². The maximum absolute atomic E-state index is 14.2. The quantitative estimate of drug-likeness (QED) is 0.168. The summed E-state index contributed by atoms with van der Waals surface area (Å²) < 4.78 is 55.8. The number of hydrogen-bond acceptors (Lipinski definition) is 7. The van der Waals surface area contributed by atoms with E-state index in [4.69, 9.17) is 0 Å². The molecule has 3 aromatic rings. The lowest BCUT2D eigenvalue weighted by molar-refractivity contribution is 0.0451. The van der Waals surface area contributed by atoms with E-state index in [0.29, 0.717) is 50.5 Å². The fourth-order valence-corrected chi connectivity index (χ4v) is 6.36. The molecule has 0 aliphatic carbocycles. The first-order valence-corrected chi connectivity index (χ1v) is 18.1. The highest BCUT2D eigenvalue weighted by atomic mass is 32.2. The maximum atomic E-state index is 14.2. The van der Waals surface area contributed by atoms with Crippen molar-refractivity contribution in [1.82, 2.24) is 25.0 Å². The number of benzene rings is 3. The summed E-state index contributed by atoms with van der Waals surface area (Å²) in [6.45, 7) is 6.68. The minimum Gasteiger partial charge on any atom is -0.390 e. The second kappa shape index (κ2) is 18.7. The summed E-state index contributed by atoms with van der Waals surface area (Å²) >= 11 is 0. The molecule has 0 fully saturated rings. The molecule has 3 rings (SSSR count). The van der Waals surface area contributed by atoms with Gasteiger partial charge in [0.1, 0.15) is 11.6 Å². The van der Waals surface area contributed by atoms with Crippen LogP contribution in [0.4, 0.5) is 8.78 Å². The molecule has 2 atom stereocenters. The highest BCUT2D eigenvalue weighted by Crippen LogP contribution is 2.21. The number of halogens is 2. The van der Waals surface area contributed by atoms with Crippen LogP contribution in [0.5, 0.6) is 0 Å². The van der Waals surface area contributed by atoms with Gasteiger partial charge in [0, 0.05) is 63.0 Å². The highest BCUT2D eigenvalue weighted by molar-refractivity contribution is 7.89. The zero-order valence-corrected chi connectivity index (χ0v) is 30.0. The summed E-state index contributed by atoms with van der Waals surface area (Å²) in [7, 11) is -1.44. The average molecular weight is 716 g/mol. The molecule has 2 unspecified atom stereocenters. The molecule has 14 heteroatoms. The van der Waals surface area contributed by atoms with Crippen LogP contribution in [0.2, 0.25) is 0 Å². The summed E-state index contributed by atoms with van der Waals surface area (Å²) in [5, 5.41) is 15.7. The van der Waals surface area contributed by atoms with Crippen molar-refractivity contribution in [3.63, 3.8) is 0 Å². The third-order valence-electron chi connectivity index (χ3n) is 7.82. The monoisotopic (exact) mass is 715 g/mol. The number of nitrogens with one attached hydrogen (secondary N) is 2. The van der Waals surface area contributed by atoms with E-state index in [2.05, 4.69) is 10.7 Å². The van der Waals surface area contributed by atoms with Crippen LogP contribution in [0.3, 0.4) is 0 Å². The predicted octanol–water partition coefficient (Wildman–Crippen LogP) is 4.24. The molecule has 0 saturated carbocycles. The Morgan fingerprint density at radius 1 is 0.780 bits per heavy atom. The first-order chi connectivity index (χ1) is 23.7. The Morgan fingerprint density at radius 3 is 1.92 bits per heavy atom. The number of sulfonamides is 1. The van der Waals surface area contributed by atoms with E-state index >= 15 is 0 Å².